The third kappa shape index (κ3) is 2.08. The molecule has 0 amide bonds. The van der Waals surface area contributed by atoms with Crippen LogP contribution in [0.1, 0.15) is 45.4 Å². The zero-order valence-electron chi connectivity index (χ0n) is 8.23. The molecule has 0 bridgehead atoms. The van der Waals surface area contributed by atoms with Gasteiger partial charge in [-0.3, -0.25) is 0 Å². The molecule has 0 aromatic heterocycles. The van der Waals surface area contributed by atoms with Crippen LogP contribution in [0, 0.1) is 5.92 Å². The molecule has 1 aliphatic carbocycles. The fraction of sp³-hybridized carbons (Fsp3) is 1.00. The second-order valence-corrected chi connectivity index (χ2v) is 12.1. The molecule has 2 unspecified atom stereocenters. The highest BCUT2D eigenvalue weighted by Crippen LogP contribution is 2.67. The van der Waals surface area contributed by atoms with Crippen molar-refractivity contribution in [2.75, 3.05) is 0 Å². The van der Waals surface area contributed by atoms with E-state index in [1.54, 1.807) is 0 Å². The Hall–Kier alpha value is 0.797. The van der Waals surface area contributed by atoms with Gasteiger partial charge in [0, 0.05) is 0 Å². The summed E-state index contributed by atoms with van der Waals surface area (Å²) < 4.78 is 0. The SMILES string of the molecule is CC1C(CC2CCCCC2)[Si]1(Cl)Cl. The number of halogens is 2. The fourth-order valence-corrected chi connectivity index (χ4v) is 7.94. The Bertz CT molecular complexity index is 187. The van der Waals surface area contributed by atoms with Gasteiger partial charge in [0.05, 0.1) is 0 Å². The van der Waals surface area contributed by atoms with Gasteiger partial charge in [0.25, 0.3) is 6.69 Å². The Labute approximate surface area is 91.4 Å². The largest absolute Gasteiger partial charge is 0.257 e. The number of hydrogen-bond donors (Lipinski definition) is 0. The van der Waals surface area contributed by atoms with E-state index >= 15 is 0 Å². The molecule has 13 heavy (non-hydrogen) atoms. The standard InChI is InChI=1S/C10H18Cl2Si/c1-8-10(13(8,11)12)7-9-5-3-2-4-6-9/h8-10H,2-7H2,1H3. The fourth-order valence-electron chi connectivity index (χ4n) is 2.70. The lowest BCUT2D eigenvalue weighted by molar-refractivity contribution is 0.339. The summed E-state index contributed by atoms with van der Waals surface area (Å²) >= 11 is 12.6. The van der Waals surface area contributed by atoms with E-state index in [1.807, 2.05) is 0 Å². The zero-order chi connectivity index (χ0) is 9.47. The van der Waals surface area contributed by atoms with Crippen molar-refractivity contribution in [3.8, 4) is 0 Å². The van der Waals surface area contributed by atoms with Gasteiger partial charge in [-0.25, -0.2) is 0 Å². The van der Waals surface area contributed by atoms with Crippen LogP contribution in [0.25, 0.3) is 0 Å². The summed E-state index contributed by atoms with van der Waals surface area (Å²) in [7, 11) is 0. The minimum absolute atomic E-state index is 0.665. The molecule has 2 rings (SSSR count). The molecule has 0 N–H and O–H groups in total. The Balaban J connectivity index is 1.79. The molecule has 1 saturated carbocycles. The summed E-state index contributed by atoms with van der Waals surface area (Å²) in [5.74, 6) is 0.952. The first kappa shape index (κ1) is 10.3. The van der Waals surface area contributed by atoms with Gasteiger partial charge in [-0.2, -0.15) is 0 Å². The maximum absolute atomic E-state index is 6.28. The molecule has 0 aromatic rings. The Morgan fingerprint density at radius 1 is 1.15 bits per heavy atom. The summed E-state index contributed by atoms with van der Waals surface area (Å²) in [6.07, 6.45) is 8.51. The van der Waals surface area contributed by atoms with Crippen molar-refractivity contribution < 1.29 is 0 Å². The summed E-state index contributed by atoms with van der Waals surface area (Å²) in [6.45, 7) is 0.502. The minimum atomic E-state index is -1.73. The molecule has 2 aliphatic rings. The van der Waals surface area contributed by atoms with E-state index < -0.39 is 6.69 Å². The van der Waals surface area contributed by atoms with Gasteiger partial charge in [0.2, 0.25) is 0 Å². The van der Waals surface area contributed by atoms with Gasteiger partial charge in [-0.1, -0.05) is 39.0 Å². The topological polar surface area (TPSA) is 0 Å². The second-order valence-electron chi connectivity index (χ2n) is 4.81. The first-order valence-corrected chi connectivity index (χ1v) is 9.68. The zero-order valence-corrected chi connectivity index (χ0v) is 10.7. The predicted molar refractivity (Wildman–Crippen MR) is 61.8 cm³/mol. The van der Waals surface area contributed by atoms with Crippen LogP contribution in [0.4, 0.5) is 0 Å². The molecular weight excluding hydrogens is 219 g/mol. The number of hydrogen-bond acceptors (Lipinski definition) is 0. The van der Waals surface area contributed by atoms with E-state index in [0.29, 0.717) is 5.54 Å². The Kier molecular flexibility index (Phi) is 2.98. The van der Waals surface area contributed by atoms with Crippen LogP contribution in [0.5, 0.6) is 0 Å². The van der Waals surface area contributed by atoms with Crippen LogP contribution < -0.4 is 0 Å². The first-order valence-electron chi connectivity index (χ1n) is 5.50. The summed E-state index contributed by atoms with van der Waals surface area (Å²) in [5.41, 5.74) is 1.39. The molecule has 0 nitrogen and oxygen atoms in total. The third-order valence-corrected chi connectivity index (χ3v) is 10.6. The van der Waals surface area contributed by atoms with Crippen LogP contribution in [0.2, 0.25) is 11.1 Å². The van der Waals surface area contributed by atoms with E-state index in [-0.39, 0.29) is 0 Å². The molecule has 2 fully saturated rings. The van der Waals surface area contributed by atoms with Gasteiger partial charge >= 0.3 is 0 Å². The molecule has 2 atom stereocenters. The highest BCUT2D eigenvalue weighted by atomic mass is 35.7. The second kappa shape index (κ2) is 3.75. The summed E-state index contributed by atoms with van der Waals surface area (Å²) in [4.78, 5) is 0. The van der Waals surface area contributed by atoms with Crippen molar-refractivity contribution in [2.24, 2.45) is 5.92 Å². The van der Waals surface area contributed by atoms with E-state index in [1.165, 1.54) is 38.5 Å². The van der Waals surface area contributed by atoms with Gasteiger partial charge < -0.3 is 0 Å². The lowest BCUT2D eigenvalue weighted by Crippen LogP contribution is -2.07. The highest BCUT2D eigenvalue weighted by molar-refractivity contribution is 7.51. The monoisotopic (exact) mass is 236 g/mol. The average Bonchev–Trinajstić information content (AvgIpc) is 2.57. The Morgan fingerprint density at radius 3 is 2.15 bits per heavy atom. The van der Waals surface area contributed by atoms with Gasteiger partial charge in [-0.15, -0.1) is 22.2 Å². The van der Waals surface area contributed by atoms with Crippen LogP contribution in [0.15, 0.2) is 0 Å². The molecule has 1 saturated heterocycles. The maximum atomic E-state index is 6.28. The van der Waals surface area contributed by atoms with E-state index in [4.69, 9.17) is 22.2 Å². The van der Waals surface area contributed by atoms with Crippen LogP contribution in [0.3, 0.4) is 0 Å². The quantitative estimate of drug-likeness (QED) is 0.484. The predicted octanol–water partition coefficient (Wildman–Crippen LogP) is 4.65. The number of rotatable bonds is 2. The van der Waals surface area contributed by atoms with Crippen molar-refractivity contribution >= 4 is 28.9 Å². The molecule has 3 heteroatoms. The van der Waals surface area contributed by atoms with Gasteiger partial charge in [-0.05, 0) is 23.4 Å². The molecule has 1 heterocycles. The van der Waals surface area contributed by atoms with Crippen molar-refractivity contribution in [1.82, 2.24) is 0 Å². The molecular formula is C10H18Cl2Si. The normalized spacial score (nSPS) is 39.0. The lowest BCUT2D eigenvalue weighted by Gasteiger charge is -2.21. The average molecular weight is 237 g/mol. The van der Waals surface area contributed by atoms with E-state index in [0.717, 1.165) is 11.5 Å². The summed E-state index contributed by atoms with van der Waals surface area (Å²) in [5, 5.41) is 0. The van der Waals surface area contributed by atoms with Crippen molar-refractivity contribution in [1.29, 1.82) is 0 Å². The maximum Gasteiger partial charge on any atom is 0.257 e. The highest BCUT2D eigenvalue weighted by Gasteiger charge is 2.63. The van der Waals surface area contributed by atoms with Crippen LogP contribution in [-0.2, 0) is 0 Å². The van der Waals surface area contributed by atoms with E-state index in [2.05, 4.69) is 6.92 Å². The van der Waals surface area contributed by atoms with E-state index in [9.17, 15) is 0 Å². The van der Waals surface area contributed by atoms with Crippen molar-refractivity contribution in [3.63, 3.8) is 0 Å². The molecule has 0 spiro atoms. The van der Waals surface area contributed by atoms with Crippen LogP contribution >= 0.6 is 22.2 Å². The third-order valence-electron chi connectivity index (χ3n) is 3.91. The summed E-state index contributed by atoms with van der Waals surface area (Å²) in [6, 6.07) is 0. The lowest BCUT2D eigenvalue weighted by atomic mass is 9.86. The molecule has 0 aromatic carbocycles. The van der Waals surface area contributed by atoms with Gasteiger partial charge in [0.15, 0.2) is 0 Å². The van der Waals surface area contributed by atoms with Crippen molar-refractivity contribution in [2.45, 2.75) is 56.5 Å². The Morgan fingerprint density at radius 2 is 1.69 bits per heavy atom. The molecule has 0 radical (unpaired) electrons. The first-order chi connectivity index (χ1) is 6.12. The van der Waals surface area contributed by atoms with Crippen molar-refractivity contribution in [3.05, 3.63) is 0 Å². The molecule has 1 aliphatic heterocycles. The van der Waals surface area contributed by atoms with Gasteiger partial charge in [0.1, 0.15) is 0 Å². The minimum Gasteiger partial charge on any atom is -0.145 e. The molecule has 76 valence electrons. The smallest absolute Gasteiger partial charge is 0.145 e. The van der Waals surface area contributed by atoms with Crippen LogP contribution in [-0.4, -0.2) is 6.69 Å².